The maximum Gasteiger partial charge on any atom is 0.160 e. The van der Waals surface area contributed by atoms with Gasteiger partial charge < -0.3 is 0 Å². The lowest BCUT2D eigenvalue weighted by molar-refractivity contribution is 0.749. The van der Waals surface area contributed by atoms with Crippen LogP contribution < -0.4 is 0 Å². The van der Waals surface area contributed by atoms with Gasteiger partial charge in [0.1, 0.15) is 5.82 Å². The molecule has 3 rings (SSSR count). The molecule has 19 heavy (non-hydrogen) atoms. The maximum atomic E-state index is 6.07. The van der Waals surface area contributed by atoms with Gasteiger partial charge in [-0.15, -0.1) is 11.6 Å². The molecule has 0 fully saturated rings. The highest BCUT2D eigenvalue weighted by atomic mass is 35.5. The second kappa shape index (κ2) is 4.71. The van der Waals surface area contributed by atoms with Crippen molar-refractivity contribution in [1.29, 1.82) is 0 Å². The summed E-state index contributed by atoms with van der Waals surface area (Å²) in [4.78, 5) is 4.46. The largest absolute Gasteiger partial charge is 0.278 e. The van der Waals surface area contributed by atoms with Crippen LogP contribution >= 0.6 is 34.8 Å². The summed E-state index contributed by atoms with van der Waals surface area (Å²) in [5.41, 5.74) is 1.58. The highest BCUT2D eigenvalue weighted by molar-refractivity contribution is 6.42. The second-order valence-corrected chi connectivity index (χ2v) is 5.18. The number of imidazole rings is 1. The Balaban J connectivity index is 2.35. The quantitative estimate of drug-likeness (QED) is 0.674. The summed E-state index contributed by atoms with van der Waals surface area (Å²) < 4.78 is 3.60. The number of benzene rings is 1. The molecule has 0 N–H and O–H groups in total. The van der Waals surface area contributed by atoms with E-state index in [-0.39, 0.29) is 5.88 Å². The van der Waals surface area contributed by atoms with Crippen LogP contribution in [-0.4, -0.2) is 19.3 Å². The second-order valence-electron chi connectivity index (χ2n) is 4.10. The fourth-order valence-corrected chi connectivity index (χ4v) is 2.49. The van der Waals surface area contributed by atoms with Gasteiger partial charge in [-0.1, -0.05) is 23.2 Å². The third-order valence-electron chi connectivity index (χ3n) is 2.81. The number of hydrogen-bond donors (Lipinski definition) is 0. The Morgan fingerprint density at radius 3 is 2.58 bits per heavy atom. The third kappa shape index (κ3) is 2.10. The molecule has 2 heterocycles. The summed E-state index contributed by atoms with van der Waals surface area (Å²) in [6.45, 7) is 0. The van der Waals surface area contributed by atoms with Crippen molar-refractivity contribution in [3.63, 3.8) is 0 Å². The Labute approximate surface area is 124 Å². The van der Waals surface area contributed by atoms with Crippen molar-refractivity contribution in [2.24, 2.45) is 7.05 Å². The lowest BCUT2D eigenvalue weighted by Crippen LogP contribution is -2.01. The highest BCUT2D eigenvalue weighted by Crippen LogP contribution is 2.30. The molecule has 0 aliphatic heterocycles. The summed E-state index contributed by atoms with van der Waals surface area (Å²) in [7, 11) is 1.85. The normalized spacial score (nSPS) is 11.4. The minimum absolute atomic E-state index is 0.278. The molecular formula is C12H9Cl3N4. The van der Waals surface area contributed by atoms with Crippen LogP contribution in [0.15, 0.2) is 24.4 Å². The fraction of sp³-hybridized carbons (Fsp3) is 0.167. The summed E-state index contributed by atoms with van der Waals surface area (Å²) >= 11 is 18.0. The van der Waals surface area contributed by atoms with Crippen LogP contribution in [0.5, 0.6) is 0 Å². The van der Waals surface area contributed by atoms with Gasteiger partial charge in [-0.05, 0) is 12.1 Å². The van der Waals surface area contributed by atoms with Crippen molar-refractivity contribution in [3.05, 3.63) is 40.3 Å². The first-order valence-electron chi connectivity index (χ1n) is 5.52. The van der Waals surface area contributed by atoms with Gasteiger partial charge in [0.25, 0.3) is 0 Å². The van der Waals surface area contributed by atoms with Crippen molar-refractivity contribution in [2.75, 3.05) is 0 Å². The number of nitrogens with zero attached hydrogens (tertiary/aromatic N) is 4. The summed E-state index contributed by atoms with van der Waals surface area (Å²) in [6.07, 6.45) is 1.86. The van der Waals surface area contributed by atoms with Crippen molar-refractivity contribution in [1.82, 2.24) is 19.3 Å². The molecule has 0 aliphatic carbocycles. The van der Waals surface area contributed by atoms with Crippen LogP contribution in [0.25, 0.3) is 16.9 Å². The Morgan fingerprint density at radius 2 is 1.95 bits per heavy atom. The first-order chi connectivity index (χ1) is 9.10. The zero-order valence-corrected chi connectivity index (χ0v) is 12.2. The Hall–Kier alpha value is -1.23. The van der Waals surface area contributed by atoms with Crippen molar-refractivity contribution < 1.29 is 0 Å². The minimum Gasteiger partial charge on any atom is -0.278 e. The molecule has 0 amide bonds. The van der Waals surface area contributed by atoms with E-state index in [2.05, 4.69) is 10.1 Å². The van der Waals surface area contributed by atoms with E-state index < -0.39 is 0 Å². The Kier molecular flexibility index (Phi) is 3.17. The van der Waals surface area contributed by atoms with E-state index in [0.717, 1.165) is 16.9 Å². The minimum atomic E-state index is 0.278. The smallest absolute Gasteiger partial charge is 0.160 e. The van der Waals surface area contributed by atoms with Crippen LogP contribution in [0.4, 0.5) is 0 Å². The molecule has 98 valence electrons. The standard InChI is InChI=1S/C12H9Cl3N4/c1-18-3-2-11(17-18)19-10-5-8(15)7(14)4-9(10)16-12(19)6-13/h2-5H,6H2,1H3. The van der Waals surface area contributed by atoms with Crippen LogP contribution in [0.3, 0.4) is 0 Å². The van der Waals surface area contributed by atoms with Gasteiger partial charge in [-0.25, -0.2) is 4.98 Å². The van der Waals surface area contributed by atoms with Crippen molar-refractivity contribution >= 4 is 45.8 Å². The van der Waals surface area contributed by atoms with Gasteiger partial charge in [-0.2, -0.15) is 5.10 Å². The molecule has 4 nitrogen and oxygen atoms in total. The molecule has 3 aromatic rings. The molecular weight excluding hydrogens is 307 g/mol. The molecule has 2 aromatic heterocycles. The van der Waals surface area contributed by atoms with E-state index in [1.54, 1.807) is 16.8 Å². The number of hydrogen-bond acceptors (Lipinski definition) is 2. The van der Waals surface area contributed by atoms with Gasteiger partial charge >= 0.3 is 0 Å². The molecule has 0 radical (unpaired) electrons. The Morgan fingerprint density at radius 1 is 1.21 bits per heavy atom. The van der Waals surface area contributed by atoms with Gasteiger partial charge in [0.05, 0.1) is 27.0 Å². The van der Waals surface area contributed by atoms with E-state index in [4.69, 9.17) is 34.8 Å². The number of alkyl halides is 1. The topological polar surface area (TPSA) is 35.6 Å². The summed E-state index contributed by atoms with van der Waals surface area (Å²) in [5.74, 6) is 1.73. The van der Waals surface area contributed by atoms with Gasteiger partial charge in [0, 0.05) is 19.3 Å². The summed E-state index contributed by atoms with van der Waals surface area (Å²) in [6, 6.07) is 5.39. The highest BCUT2D eigenvalue weighted by Gasteiger charge is 2.15. The lowest BCUT2D eigenvalue weighted by Gasteiger charge is -2.04. The Bertz CT molecular complexity index is 760. The molecule has 0 aliphatic rings. The average molecular weight is 316 g/mol. The van der Waals surface area contributed by atoms with E-state index in [0.29, 0.717) is 15.9 Å². The number of halogens is 3. The summed E-state index contributed by atoms with van der Waals surface area (Å²) in [5, 5.41) is 5.32. The third-order valence-corrected chi connectivity index (χ3v) is 3.78. The number of fused-ring (bicyclic) bond motifs is 1. The molecule has 1 aromatic carbocycles. The average Bonchev–Trinajstić information content (AvgIpc) is 2.93. The molecule has 0 unspecified atom stereocenters. The van der Waals surface area contributed by atoms with Gasteiger partial charge in [-0.3, -0.25) is 9.25 Å². The van der Waals surface area contributed by atoms with Crippen molar-refractivity contribution in [2.45, 2.75) is 5.88 Å². The first-order valence-corrected chi connectivity index (χ1v) is 6.81. The predicted molar refractivity (Wildman–Crippen MR) is 77.4 cm³/mol. The van der Waals surface area contributed by atoms with Crippen LogP contribution in [0.2, 0.25) is 10.0 Å². The van der Waals surface area contributed by atoms with Crippen LogP contribution in [0, 0.1) is 0 Å². The molecule has 0 spiro atoms. The van der Waals surface area contributed by atoms with E-state index in [9.17, 15) is 0 Å². The zero-order chi connectivity index (χ0) is 13.6. The molecule has 0 saturated carbocycles. The number of aromatic nitrogens is 4. The fourth-order valence-electron chi connectivity index (χ4n) is 1.99. The SMILES string of the molecule is Cn1ccc(-n2c(CCl)nc3cc(Cl)c(Cl)cc32)n1. The van der Waals surface area contributed by atoms with E-state index in [1.165, 1.54) is 0 Å². The van der Waals surface area contributed by atoms with Crippen molar-refractivity contribution in [3.8, 4) is 5.82 Å². The lowest BCUT2D eigenvalue weighted by atomic mass is 10.3. The number of rotatable bonds is 2. The molecule has 0 bridgehead atoms. The number of aryl methyl sites for hydroxylation is 1. The molecule has 0 saturated heterocycles. The maximum absolute atomic E-state index is 6.07. The molecule has 0 atom stereocenters. The van der Waals surface area contributed by atoms with E-state index >= 15 is 0 Å². The van der Waals surface area contributed by atoms with Crippen LogP contribution in [0.1, 0.15) is 5.82 Å². The monoisotopic (exact) mass is 314 g/mol. The predicted octanol–water partition coefficient (Wildman–Crippen LogP) is 3.80. The van der Waals surface area contributed by atoms with E-state index in [1.807, 2.05) is 23.9 Å². The van der Waals surface area contributed by atoms with Gasteiger partial charge in [0.2, 0.25) is 0 Å². The van der Waals surface area contributed by atoms with Crippen LogP contribution in [-0.2, 0) is 12.9 Å². The first kappa shape index (κ1) is 12.8. The zero-order valence-electron chi connectivity index (χ0n) is 9.94. The van der Waals surface area contributed by atoms with Gasteiger partial charge in [0.15, 0.2) is 5.82 Å². The molecule has 7 heteroatoms.